The Balaban J connectivity index is 1.51. The minimum atomic E-state index is 0.206. The summed E-state index contributed by atoms with van der Waals surface area (Å²) >= 11 is 5.22. The van der Waals surface area contributed by atoms with Crippen molar-refractivity contribution >= 4 is 40.8 Å². The lowest BCUT2D eigenvalue weighted by Crippen LogP contribution is -2.30. The van der Waals surface area contributed by atoms with Crippen LogP contribution in [0.5, 0.6) is 0 Å². The third-order valence-electron chi connectivity index (χ3n) is 3.10. The summed E-state index contributed by atoms with van der Waals surface area (Å²) in [7, 11) is 0. The van der Waals surface area contributed by atoms with Crippen LogP contribution in [0.4, 0.5) is 0 Å². The van der Waals surface area contributed by atoms with Crippen LogP contribution in [0.25, 0.3) is 0 Å². The molecular formula is C14H15NO2S3. The highest BCUT2D eigenvalue weighted by atomic mass is 32.2. The zero-order valence-electron chi connectivity index (χ0n) is 10.9. The Morgan fingerprint density at radius 1 is 1.45 bits per heavy atom. The van der Waals surface area contributed by atoms with Crippen molar-refractivity contribution in [1.82, 2.24) is 4.90 Å². The molecule has 106 valence electrons. The van der Waals surface area contributed by atoms with Crippen LogP contribution < -0.4 is 0 Å². The van der Waals surface area contributed by atoms with Crippen LogP contribution >= 0.6 is 34.9 Å². The maximum Gasteiger partial charge on any atom is 0.233 e. The molecule has 20 heavy (non-hydrogen) atoms. The Kier molecular flexibility index (Phi) is 4.75. The van der Waals surface area contributed by atoms with Gasteiger partial charge in [-0.05, 0) is 34.5 Å². The lowest BCUT2D eigenvalue weighted by molar-refractivity contribution is -0.127. The number of thiophene rings is 1. The minimum absolute atomic E-state index is 0.206. The summed E-state index contributed by atoms with van der Waals surface area (Å²) in [6.45, 7) is 0.803. The third kappa shape index (κ3) is 3.24. The summed E-state index contributed by atoms with van der Waals surface area (Å²) in [6.07, 6.45) is 1.70. The van der Waals surface area contributed by atoms with Crippen LogP contribution in [-0.4, -0.2) is 28.9 Å². The molecule has 1 fully saturated rings. The first kappa shape index (κ1) is 14.1. The Labute approximate surface area is 130 Å². The highest BCUT2D eigenvalue weighted by Crippen LogP contribution is 2.39. The van der Waals surface area contributed by atoms with E-state index in [0.29, 0.717) is 5.75 Å². The van der Waals surface area contributed by atoms with Crippen molar-refractivity contribution in [3.63, 3.8) is 0 Å². The smallest absolute Gasteiger partial charge is 0.233 e. The molecule has 2 aromatic rings. The summed E-state index contributed by atoms with van der Waals surface area (Å²) < 4.78 is 5.30. The molecule has 0 N–H and O–H groups in total. The van der Waals surface area contributed by atoms with E-state index >= 15 is 0 Å². The molecule has 6 heteroatoms. The van der Waals surface area contributed by atoms with E-state index in [4.69, 9.17) is 4.42 Å². The SMILES string of the molecule is O=C1CSC(c2ccsc2)N1CCSCc1ccco1. The third-order valence-corrected chi connectivity index (χ3v) is 6.01. The fourth-order valence-corrected chi connectivity index (χ4v) is 4.93. The van der Waals surface area contributed by atoms with Crippen LogP contribution in [0, 0.1) is 0 Å². The van der Waals surface area contributed by atoms with Gasteiger partial charge in [0.1, 0.15) is 11.1 Å². The second kappa shape index (κ2) is 6.74. The molecule has 0 bridgehead atoms. The molecule has 1 aliphatic rings. The predicted molar refractivity (Wildman–Crippen MR) is 86.1 cm³/mol. The Morgan fingerprint density at radius 2 is 2.40 bits per heavy atom. The second-order valence-electron chi connectivity index (χ2n) is 4.44. The number of amides is 1. The molecule has 3 rings (SSSR count). The van der Waals surface area contributed by atoms with Crippen molar-refractivity contribution < 1.29 is 9.21 Å². The minimum Gasteiger partial charge on any atom is -0.468 e. The zero-order valence-corrected chi connectivity index (χ0v) is 13.3. The monoisotopic (exact) mass is 325 g/mol. The molecular weight excluding hydrogens is 310 g/mol. The normalized spacial score (nSPS) is 18.9. The van der Waals surface area contributed by atoms with Crippen molar-refractivity contribution in [1.29, 1.82) is 0 Å². The van der Waals surface area contributed by atoms with Gasteiger partial charge in [0.15, 0.2) is 0 Å². The van der Waals surface area contributed by atoms with Crippen LogP contribution in [0.15, 0.2) is 39.6 Å². The lowest BCUT2D eigenvalue weighted by atomic mass is 10.3. The first-order chi connectivity index (χ1) is 9.84. The van der Waals surface area contributed by atoms with Gasteiger partial charge in [-0.2, -0.15) is 23.1 Å². The predicted octanol–water partition coefficient (Wildman–Crippen LogP) is 3.85. The number of nitrogens with zero attached hydrogens (tertiary/aromatic N) is 1. The average Bonchev–Trinajstić information content (AvgIpc) is 3.17. The first-order valence-electron chi connectivity index (χ1n) is 6.38. The van der Waals surface area contributed by atoms with Crippen molar-refractivity contribution in [2.75, 3.05) is 18.1 Å². The van der Waals surface area contributed by atoms with Gasteiger partial charge in [0, 0.05) is 12.3 Å². The first-order valence-corrected chi connectivity index (χ1v) is 9.52. The zero-order chi connectivity index (χ0) is 13.8. The fraction of sp³-hybridized carbons (Fsp3) is 0.357. The Morgan fingerprint density at radius 3 is 3.15 bits per heavy atom. The van der Waals surface area contributed by atoms with E-state index in [1.54, 1.807) is 41.1 Å². The Hall–Kier alpha value is -0.850. The standard InChI is InChI=1S/C14H15NO2S3/c16-13-10-20-14(11-3-6-18-8-11)15(13)4-7-19-9-12-2-1-5-17-12/h1-3,5-6,8,14H,4,7,9-10H2. The van der Waals surface area contributed by atoms with Gasteiger partial charge in [0.25, 0.3) is 0 Å². The van der Waals surface area contributed by atoms with Crippen molar-refractivity contribution in [2.24, 2.45) is 0 Å². The molecule has 2 aromatic heterocycles. The maximum absolute atomic E-state index is 12.0. The van der Waals surface area contributed by atoms with Crippen molar-refractivity contribution in [3.05, 3.63) is 46.5 Å². The quantitative estimate of drug-likeness (QED) is 0.756. The highest BCUT2D eigenvalue weighted by Gasteiger charge is 2.32. The second-order valence-corrected chi connectivity index (χ2v) is 7.39. The van der Waals surface area contributed by atoms with Gasteiger partial charge in [0.2, 0.25) is 5.91 Å². The molecule has 1 saturated heterocycles. The van der Waals surface area contributed by atoms with Gasteiger partial charge in [0.05, 0.1) is 17.8 Å². The van der Waals surface area contributed by atoms with Crippen LogP contribution in [0.3, 0.4) is 0 Å². The molecule has 0 aromatic carbocycles. The maximum atomic E-state index is 12.0. The van der Waals surface area contributed by atoms with E-state index in [0.717, 1.165) is 23.8 Å². The summed E-state index contributed by atoms with van der Waals surface area (Å²) in [4.78, 5) is 14.0. The van der Waals surface area contributed by atoms with E-state index in [9.17, 15) is 4.79 Å². The van der Waals surface area contributed by atoms with Gasteiger partial charge < -0.3 is 9.32 Å². The van der Waals surface area contributed by atoms with Crippen LogP contribution in [0.2, 0.25) is 0 Å². The summed E-state index contributed by atoms with van der Waals surface area (Å²) in [5.74, 6) is 3.65. The van der Waals surface area contributed by atoms with Crippen molar-refractivity contribution in [2.45, 2.75) is 11.1 Å². The average molecular weight is 325 g/mol. The van der Waals surface area contributed by atoms with E-state index in [2.05, 4.69) is 16.8 Å². The molecule has 0 aliphatic carbocycles. The van der Waals surface area contributed by atoms with E-state index in [1.165, 1.54) is 5.56 Å². The molecule has 3 heterocycles. The number of carbonyl (C=O) groups is 1. The molecule has 1 aliphatic heterocycles. The number of thioether (sulfide) groups is 2. The highest BCUT2D eigenvalue weighted by molar-refractivity contribution is 8.00. The van der Waals surface area contributed by atoms with E-state index in [1.807, 2.05) is 17.0 Å². The van der Waals surface area contributed by atoms with Gasteiger partial charge in [-0.3, -0.25) is 4.79 Å². The lowest BCUT2D eigenvalue weighted by Gasteiger charge is -2.23. The number of hydrogen-bond acceptors (Lipinski definition) is 5. The van der Waals surface area contributed by atoms with Gasteiger partial charge in [-0.25, -0.2) is 0 Å². The molecule has 0 spiro atoms. The van der Waals surface area contributed by atoms with E-state index < -0.39 is 0 Å². The van der Waals surface area contributed by atoms with E-state index in [-0.39, 0.29) is 11.3 Å². The fourth-order valence-electron chi connectivity index (χ4n) is 2.12. The van der Waals surface area contributed by atoms with Crippen LogP contribution in [-0.2, 0) is 10.5 Å². The molecule has 0 saturated carbocycles. The number of furan rings is 1. The summed E-state index contributed by atoms with van der Waals surface area (Å²) in [6, 6.07) is 6.01. The molecule has 3 nitrogen and oxygen atoms in total. The summed E-state index contributed by atoms with van der Waals surface area (Å²) in [5.41, 5.74) is 1.25. The largest absolute Gasteiger partial charge is 0.468 e. The Bertz CT molecular complexity index is 539. The number of hydrogen-bond donors (Lipinski definition) is 0. The van der Waals surface area contributed by atoms with Crippen molar-refractivity contribution in [3.8, 4) is 0 Å². The van der Waals surface area contributed by atoms with Gasteiger partial charge >= 0.3 is 0 Å². The number of rotatable bonds is 6. The van der Waals surface area contributed by atoms with Gasteiger partial charge in [-0.1, -0.05) is 0 Å². The molecule has 1 amide bonds. The van der Waals surface area contributed by atoms with Crippen LogP contribution in [0.1, 0.15) is 16.7 Å². The number of carbonyl (C=O) groups excluding carboxylic acids is 1. The molecule has 1 atom stereocenters. The summed E-state index contributed by atoms with van der Waals surface area (Å²) in [5, 5.41) is 4.42. The topological polar surface area (TPSA) is 33.5 Å². The van der Waals surface area contributed by atoms with Gasteiger partial charge in [-0.15, -0.1) is 11.8 Å². The molecule has 1 unspecified atom stereocenters. The molecule has 0 radical (unpaired) electrons.